The molecule has 28 heavy (non-hydrogen) atoms. The summed E-state index contributed by atoms with van der Waals surface area (Å²) in [5.74, 6) is 2.80. The smallest absolute Gasteiger partial charge is 0.166 e. The SMILES string of the molecule is O=C(c1ccc2c(c1)OCCO2)C1CCN(Cc2noc3c2CCCC3)CC1. The molecular weight excluding hydrogens is 356 g/mol. The van der Waals surface area contributed by atoms with Crippen molar-refractivity contribution in [1.29, 1.82) is 0 Å². The number of hydrogen-bond acceptors (Lipinski definition) is 6. The minimum Gasteiger partial charge on any atom is -0.486 e. The van der Waals surface area contributed by atoms with Gasteiger partial charge in [-0.1, -0.05) is 5.16 Å². The zero-order chi connectivity index (χ0) is 18.9. The molecule has 3 heterocycles. The number of rotatable bonds is 4. The first-order valence-corrected chi connectivity index (χ1v) is 10.4. The summed E-state index contributed by atoms with van der Waals surface area (Å²) in [6.45, 7) is 3.78. The van der Waals surface area contributed by atoms with Gasteiger partial charge >= 0.3 is 0 Å². The summed E-state index contributed by atoms with van der Waals surface area (Å²) in [6, 6.07) is 5.55. The molecule has 0 saturated carbocycles. The van der Waals surface area contributed by atoms with Gasteiger partial charge in [-0.15, -0.1) is 0 Å². The Labute approximate surface area is 164 Å². The minimum absolute atomic E-state index is 0.0741. The summed E-state index contributed by atoms with van der Waals surface area (Å²) in [6.07, 6.45) is 6.31. The third-order valence-corrected chi connectivity index (χ3v) is 6.19. The van der Waals surface area contributed by atoms with Crippen molar-refractivity contribution in [2.45, 2.75) is 45.1 Å². The lowest BCUT2D eigenvalue weighted by Crippen LogP contribution is -2.36. The maximum absolute atomic E-state index is 13.0. The van der Waals surface area contributed by atoms with Crippen LogP contribution in [-0.4, -0.2) is 42.1 Å². The Morgan fingerprint density at radius 3 is 2.71 bits per heavy atom. The van der Waals surface area contributed by atoms with Crippen molar-refractivity contribution in [3.05, 3.63) is 40.8 Å². The predicted molar refractivity (Wildman–Crippen MR) is 103 cm³/mol. The zero-order valence-electron chi connectivity index (χ0n) is 16.1. The van der Waals surface area contributed by atoms with Crippen molar-refractivity contribution in [2.75, 3.05) is 26.3 Å². The van der Waals surface area contributed by atoms with Crippen LogP contribution in [0.2, 0.25) is 0 Å². The monoisotopic (exact) mass is 382 g/mol. The molecule has 1 fully saturated rings. The third kappa shape index (κ3) is 3.41. The zero-order valence-corrected chi connectivity index (χ0v) is 16.1. The molecule has 0 radical (unpaired) electrons. The Balaban J connectivity index is 1.20. The number of likely N-dealkylation sites (tertiary alicyclic amines) is 1. The number of benzene rings is 1. The number of aryl methyl sites for hydroxylation is 1. The highest BCUT2D eigenvalue weighted by Gasteiger charge is 2.28. The van der Waals surface area contributed by atoms with Crippen LogP contribution in [0.25, 0.3) is 0 Å². The molecular formula is C22H26N2O4. The molecule has 1 aliphatic carbocycles. The van der Waals surface area contributed by atoms with Crippen LogP contribution in [0.4, 0.5) is 0 Å². The molecule has 0 spiro atoms. The topological polar surface area (TPSA) is 64.8 Å². The first kappa shape index (κ1) is 17.7. The lowest BCUT2D eigenvalue weighted by Gasteiger charge is -2.31. The molecule has 2 aliphatic heterocycles. The first-order chi connectivity index (χ1) is 13.8. The van der Waals surface area contributed by atoms with Gasteiger partial charge in [0.15, 0.2) is 17.3 Å². The van der Waals surface area contributed by atoms with Crippen LogP contribution < -0.4 is 9.47 Å². The lowest BCUT2D eigenvalue weighted by molar-refractivity contribution is 0.0831. The van der Waals surface area contributed by atoms with Crippen LogP contribution in [0.15, 0.2) is 22.7 Å². The highest BCUT2D eigenvalue weighted by molar-refractivity contribution is 5.98. The number of hydrogen-bond donors (Lipinski definition) is 0. The Morgan fingerprint density at radius 2 is 1.86 bits per heavy atom. The van der Waals surface area contributed by atoms with E-state index in [9.17, 15) is 4.79 Å². The molecule has 2 aromatic rings. The molecule has 0 unspecified atom stereocenters. The second-order valence-electron chi connectivity index (χ2n) is 8.01. The van der Waals surface area contributed by atoms with Crippen LogP contribution in [0, 0.1) is 5.92 Å². The van der Waals surface area contributed by atoms with Crippen LogP contribution >= 0.6 is 0 Å². The van der Waals surface area contributed by atoms with E-state index in [4.69, 9.17) is 14.0 Å². The number of ketones is 1. The summed E-state index contributed by atoms with van der Waals surface area (Å²) in [5.41, 5.74) is 3.17. The number of carbonyl (C=O) groups is 1. The van der Waals surface area contributed by atoms with E-state index in [-0.39, 0.29) is 11.7 Å². The number of Topliss-reactive ketones (excluding diaryl/α,β-unsaturated/α-hetero) is 1. The van der Waals surface area contributed by atoms with Gasteiger partial charge in [0.1, 0.15) is 24.7 Å². The molecule has 1 aromatic heterocycles. The standard InChI is InChI=1S/C22H26N2O4/c25-22(16-5-6-20-21(13-16)27-12-11-26-20)15-7-9-24(10-8-15)14-18-17-3-1-2-4-19(17)28-23-18/h5-6,13,15H,1-4,7-12,14H2. The third-order valence-electron chi connectivity index (χ3n) is 6.19. The average molecular weight is 382 g/mol. The second kappa shape index (κ2) is 7.59. The van der Waals surface area contributed by atoms with Gasteiger partial charge in [-0.05, 0) is 63.4 Å². The Kier molecular flexibility index (Phi) is 4.81. The molecule has 0 amide bonds. The van der Waals surface area contributed by atoms with Gasteiger partial charge < -0.3 is 14.0 Å². The van der Waals surface area contributed by atoms with Crippen molar-refractivity contribution in [3.63, 3.8) is 0 Å². The van der Waals surface area contributed by atoms with E-state index in [2.05, 4.69) is 10.1 Å². The van der Waals surface area contributed by atoms with Crippen LogP contribution in [0.1, 0.15) is 53.1 Å². The van der Waals surface area contributed by atoms with Gasteiger partial charge in [0.05, 0.1) is 0 Å². The molecule has 1 saturated heterocycles. The average Bonchev–Trinajstić information content (AvgIpc) is 3.16. The molecule has 1 aromatic carbocycles. The van der Waals surface area contributed by atoms with Gasteiger partial charge in [0.2, 0.25) is 0 Å². The fourth-order valence-corrected chi connectivity index (χ4v) is 4.57. The van der Waals surface area contributed by atoms with Crippen molar-refractivity contribution < 1.29 is 18.8 Å². The maximum atomic E-state index is 13.0. The largest absolute Gasteiger partial charge is 0.486 e. The van der Waals surface area contributed by atoms with Crippen molar-refractivity contribution in [3.8, 4) is 11.5 Å². The van der Waals surface area contributed by atoms with E-state index >= 15 is 0 Å². The fourth-order valence-electron chi connectivity index (χ4n) is 4.57. The number of fused-ring (bicyclic) bond motifs is 2. The molecule has 0 bridgehead atoms. The van der Waals surface area contributed by atoms with Gasteiger partial charge in [-0.25, -0.2) is 0 Å². The highest BCUT2D eigenvalue weighted by Crippen LogP contribution is 2.33. The molecule has 0 atom stereocenters. The summed E-state index contributed by atoms with van der Waals surface area (Å²) in [5, 5.41) is 4.33. The van der Waals surface area contributed by atoms with Crippen LogP contribution in [0.5, 0.6) is 11.5 Å². The molecule has 0 N–H and O–H groups in total. The quantitative estimate of drug-likeness (QED) is 0.755. The van der Waals surface area contributed by atoms with E-state index in [1.807, 2.05) is 18.2 Å². The number of aromatic nitrogens is 1. The van der Waals surface area contributed by atoms with E-state index in [0.717, 1.165) is 68.1 Å². The van der Waals surface area contributed by atoms with E-state index in [0.29, 0.717) is 19.0 Å². The maximum Gasteiger partial charge on any atom is 0.166 e. The Morgan fingerprint density at radius 1 is 1.07 bits per heavy atom. The minimum atomic E-state index is 0.0741. The summed E-state index contributed by atoms with van der Waals surface area (Å²) in [4.78, 5) is 15.4. The number of carbonyl (C=O) groups excluding carboxylic acids is 1. The van der Waals surface area contributed by atoms with Gasteiger partial charge in [0, 0.05) is 30.0 Å². The summed E-state index contributed by atoms with van der Waals surface area (Å²) >= 11 is 0. The highest BCUT2D eigenvalue weighted by atomic mass is 16.6. The Hall–Kier alpha value is -2.34. The second-order valence-corrected chi connectivity index (χ2v) is 8.01. The number of nitrogens with zero attached hydrogens (tertiary/aromatic N) is 2. The summed E-state index contributed by atoms with van der Waals surface area (Å²) < 4.78 is 16.7. The lowest BCUT2D eigenvalue weighted by atomic mass is 9.88. The van der Waals surface area contributed by atoms with Gasteiger partial charge in [0.25, 0.3) is 0 Å². The van der Waals surface area contributed by atoms with Crippen LogP contribution in [-0.2, 0) is 19.4 Å². The molecule has 3 aliphatic rings. The number of piperidine rings is 1. The van der Waals surface area contributed by atoms with Gasteiger partial charge in [-0.2, -0.15) is 0 Å². The van der Waals surface area contributed by atoms with E-state index in [1.165, 1.54) is 18.4 Å². The molecule has 6 heteroatoms. The number of ether oxygens (including phenoxy) is 2. The fraction of sp³-hybridized carbons (Fsp3) is 0.545. The van der Waals surface area contributed by atoms with E-state index in [1.54, 1.807) is 0 Å². The Bertz CT molecular complexity index is 867. The summed E-state index contributed by atoms with van der Waals surface area (Å²) in [7, 11) is 0. The molecule has 5 rings (SSSR count). The molecule has 148 valence electrons. The normalized spacial score (nSPS) is 20.0. The van der Waals surface area contributed by atoms with Crippen LogP contribution in [0.3, 0.4) is 0 Å². The predicted octanol–water partition coefficient (Wildman–Crippen LogP) is 3.42. The van der Waals surface area contributed by atoms with Gasteiger partial charge in [-0.3, -0.25) is 9.69 Å². The molecule has 6 nitrogen and oxygen atoms in total. The first-order valence-electron chi connectivity index (χ1n) is 10.4. The van der Waals surface area contributed by atoms with Crippen molar-refractivity contribution in [1.82, 2.24) is 10.1 Å². The van der Waals surface area contributed by atoms with E-state index < -0.39 is 0 Å². The van der Waals surface area contributed by atoms with Crippen molar-refractivity contribution >= 4 is 5.78 Å². The van der Waals surface area contributed by atoms with Crippen molar-refractivity contribution in [2.24, 2.45) is 5.92 Å².